The van der Waals surface area contributed by atoms with Gasteiger partial charge in [-0.1, -0.05) is 48.2 Å². The third-order valence-corrected chi connectivity index (χ3v) is 8.19. The number of thioether (sulfide) groups is 2. The van der Waals surface area contributed by atoms with Crippen molar-refractivity contribution in [2.24, 2.45) is 5.92 Å². The SMILES string of the molecule is C1=C(/C=C/SCC2CCN(CCCc3ccccc3)CC2)Sc2cccc3ncc1n23. The molecule has 0 radical (unpaired) electrons. The van der Waals surface area contributed by atoms with E-state index in [1.807, 2.05) is 29.7 Å². The van der Waals surface area contributed by atoms with Gasteiger partial charge < -0.3 is 4.90 Å². The van der Waals surface area contributed by atoms with Crippen molar-refractivity contribution in [2.45, 2.75) is 30.7 Å². The lowest BCUT2D eigenvalue weighted by Gasteiger charge is -2.31. The number of piperidine rings is 1. The topological polar surface area (TPSA) is 20.5 Å². The number of hydrogen-bond acceptors (Lipinski definition) is 4. The molecule has 31 heavy (non-hydrogen) atoms. The molecule has 2 aromatic heterocycles. The van der Waals surface area contributed by atoms with Gasteiger partial charge in [0.05, 0.1) is 16.9 Å². The third kappa shape index (κ3) is 5.28. The van der Waals surface area contributed by atoms with Crippen LogP contribution >= 0.6 is 23.5 Å². The highest BCUT2D eigenvalue weighted by Crippen LogP contribution is 2.35. The first-order valence-electron chi connectivity index (χ1n) is 11.3. The predicted octanol–water partition coefficient (Wildman–Crippen LogP) is 6.37. The summed E-state index contributed by atoms with van der Waals surface area (Å²) in [5, 5.41) is 3.54. The molecular weight excluding hydrogens is 418 g/mol. The highest BCUT2D eigenvalue weighted by atomic mass is 32.2. The molecule has 2 aliphatic heterocycles. The number of imidazole rings is 1. The molecule has 0 unspecified atom stereocenters. The summed E-state index contributed by atoms with van der Waals surface area (Å²) in [6, 6.07) is 17.2. The van der Waals surface area contributed by atoms with Crippen LogP contribution in [-0.4, -0.2) is 39.7 Å². The van der Waals surface area contributed by atoms with Gasteiger partial charge in [-0.15, -0.1) is 11.8 Å². The fourth-order valence-corrected chi connectivity index (χ4v) is 6.46. The molecule has 5 heteroatoms. The second kappa shape index (κ2) is 10.1. The average molecular weight is 448 g/mol. The fourth-order valence-electron chi connectivity index (χ4n) is 4.42. The number of rotatable bonds is 8. The molecule has 0 aliphatic carbocycles. The van der Waals surface area contributed by atoms with Gasteiger partial charge >= 0.3 is 0 Å². The maximum atomic E-state index is 4.49. The maximum absolute atomic E-state index is 4.49. The van der Waals surface area contributed by atoms with Crippen LogP contribution in [0.2, 0.25) is 0 Å². The van der Waals surface area contributed by atoms with E-state index in [0.717, 1.165) is 11.6 Å². The zero-order valence-corrected chi connectivity index (χ0v) is 19.5. The van der Waals surface area contributed by atoms with Gasteiger partial charge in [0.15, 0.2) is 0 Å². The van der Waals surface area contributed by atoms with Crippen molar-refractivity contribution < 1.29 is 0 Å². The molecular formula is C26H29N3S2. The number of hydrogen-bond donors (Lipinski definition) is 0. The first kappa shape index (κ1) is 20.9. The normalized spacial score (nSPS) is 17.5. The molecule has 1 aromatic carbocycles. The number of aromatic nitrogens is 2. The van der Waals surface area contributed by atoms with Crippen molar-refractivity contribution >= 4 is 35.2 Å². The highest BCUT2D eigenvalue weighted by Gasteiger charge is 2.18. The first-order chi connectivity index (χ1) is 15.3. The van der Waals surface area contributed by atoms with E-state index in [-0.39, 0.29) is 0 Å². The minimum atomic E-state index is 0.850. The van der Waals surface area contributed by atoms with Crippen LogP contribution in [0, 0.1) is 5.92 Å². The van der Waals surface area contributed by atoms with E-state index >= 15 is 0 Å². The number of aryl methyl sites for hydroxylation is 1. The summed E-state index contributed by atoms with van der Waals surface area (Å²) in [6.07, 6.45) is 11.6. The van der Waals surface area contributed by atoms with Crippen molar-refractivity contribution in [1.29, 1.82) is 0 Å². The van der Waals surface area contributed by atoms with Crippen molar-refractivity contribution in [3.05, 3.63) is 82.4 Å². The number of benzene rings is 1. The summed E-state index contributed by atoms with van der Waals surface area (Å²) in [5.74, 6) is 2.09. The van der Waals surface area contributed by atoms with E-state index < -0.39 is 0 Å². The Morgan fingerprint density at radius 3 is 2.81 bits per heavy atom. The Bertz CT molecular complexity index is 1060. The summed E-state index contributed by atoms with van der Waals surface area (Å²) < 4.78 is 2.22. The summed E-state index contributed by atoms with van der Waals surface area (Å²) >= 11 is 3.79. The molecule has 3 aromatic rings. The Labute approximate surface area is 193 Å². The van der Waals surface area contributed by atoms with Gasteiger partial charge in [0, 0.05) is 10.7 Å². The second-order valence-corrected chi connectivity index (χ2v) is 10.4. The molecule has 3 nitrogen and oxygen atoms in total. The van der Waals surface area contributed by atoms with E-state index in [9.17, 15) is 0 Å². The molecule has 0 bridgehead atoms. The molecule has 0 N–H and O–H groups in total. The lowest BCUT2D eigenvalue weighted by molar-refractivity contribution is 0.192. The fraction of sp³-hybridized carbons (Fsp3) is 0.346. The predicted molar refractivity (Wildman–Crippen MR) is 135 cm³/mol. The second-order valence-electron chi connectivity index (χ2n) is 8.40. The summed E-state index contributed by atoms with van der Waals surface area (Å²) in [7, 11) is 0. The Hall–Kier alpha value is -1.95. The van der Waals surface area contributed by atoms with Gasteiger partial charge in [0.2, 0.25) is 0 Å². The first-order valence-corrected chi connectivity index (χ1v) is 13.1. The largest absolute Gasteiger partial charge is 0.303 e. The number of nitrogens with zero attached hydrogens (tertiary/aromatic N) is 3. The summed E-state index contributed by atoms with van der Waals surface area (Å²) in [5.41, 5.74) is 3.67. The summed E-state index contributed by atoms with van der Waals surface area (Å²) in [6.45, 7) is 3.76. The molecule has 160 valence electrons. The minimum Gasteiger partial charge on any atom is -0.303 e. The molecule has 4 heterocycles. The van der Waals surface area contributed by atoms with Gasteiger partial charge in [-0.05, 0) is 86.5 Å². The Morgan fingerprint density at radius 1 is 1.06 bits per heavy atom. The van der Waals surface area contributed by atoms with Crippen molar-refractivity contribution in [2.75, 3.05) is 25.4 Å². The van der Waals surface area contributed by atoms with E-state index in [1.54, 1.807) is 0 Å². The zero-order valence-electron chi connectivity index (χ0n) is 17.8. The minimum absolute atomic E-state index is 0.850. The lowest BCUT2D eigenvalue weighted by atomic mass is 9.98. The van der Waals surface area contributed by atoms with Gasteiger partial charge in [0.25, 0.3) is 0 Å². The Kier molecular flexibility index (Phi) is 6.83. The lowest BCUT2D eigenvalue weighted by Crippen LogP contribution is -2.35. The molecule has 1 fully saturated rings. The van der Waals surface area contributed by atoms with Crippen molar-refractivity contribution in [3.63, 3.8) is 0 Å². The molecule has 0 saturated carbocycles. The van der Waals surface area contributed by atoms with E-state index in [4.69, 9.17) is 0 Å². The Balaban J connectivity index is 1.03. The van der Waals surface area contributed by atoms with Crippen molar-refractivity contribution in [1.82, 2.24) is 14.3 Å². The van der Waals surface area contributed by atoms with Crippen LogP contribution in [0.15, 0.2) is 76.1 Å². The van der Waals surface area contributed by atoms with Gasteiger partial charge in [-0.3, -0.25) is 4.40 Å². The van der Waals surface area contributed by atoms with Gasteiger partial charge in [-0.25, -0.2) is 4.98 Å². The van der Waals surface area contributed by atoms with E-state index in [0.29, 0.717) is 0 Å². The third-order valence-electron chi connectivity index (χ3n) is 6.18. The van der Waals surface area contributed by atoms with Crippen LogP contribution in [0.25, 0.3) is 11.7 Å². The number of likely N-dealkylation sites (tertiary alicyclic amines) is 1. The molecule has 0 spiro atoms. The van der Waals surface area contributed by atoms with Crippen LogP contribution < -0.4 is 0 Å². The average Bonchev–Trinajstić information content (AvgIpc) is 3.23. The smallest absolute Gasteiger partial charge is 0.138 e. The molecule has 1 saturated heterocycles. The quantitative estimate of drug-likeness (QED) is 0.399. The molecule has 0 atom stereocenters. The van der Waals surface area contributed by atoms with Crippen molar-refractivity contribution in [3.8, 4) is 0 Å². The van der Waals surface area contributed by atoms with Crippen LogP contribution in [-0.2, 0) is 6.42 Å². The van der Waals surface area contributed by atoms with Gasteiger partial charge in [0.1, 0.15) is 5.65 Å². The summed E-state index contributed by atoms with van der Waals surface area (Å²) in [4.78, 5) is 8.45. The molecule has 2 aliphatic rings. The van der Waals surface area contributed by atoms with Crippen LogP contribution in [0.5, 0.6) is 0 Å². The van der Waals surface area contributed by atoms with Crippen LogP contribution in [0.3, 0.4) is 0 Å². The maximum Gasteiger partial charge on any atom is 0.138 e. The van der Waals surface area contributed by atoms with E-state index in [1.165, 1.54) is 72.3 Å². The molecule has 5 rings (SSSR count). The van der Waals surface area contributed by atoms with Crippen LogP contribution in [0.1, 0.15) is 30.5 Å². The Morgan fingerprint density at radius 2 is 1.94 bits per heavy atom. The standard InChI is InChI=1S/C26H29N3S2/c1-2-6-21(7-3-1)8-5-14-28-15-11-22(12-16-28)20-30-17-13-24-18-23-19-27-25-9-4-10-26(31-24)29(23)25/h1-4,6-7,9-10,13,17-19,22H,5,8,11-12,14-16,20H2/b17-13+. The highest BCUT2D eigenvalue weighted by molar-refractivity contribution is 8.04. The van der Waals surface area contributed by atoms with Gasteiger partial charge in [-0.2, -0.15) is 0 Å². The molecule has 0 amide bonds. The number of pyridine rings is 1. The zero-order chi connectivity index (χ0) is 20.9. The monoisotopic (exact) mass is 447 g/mol. The van der Waals surface area contributed by atoms with Crippen LogP contribution in [0.4, 0.5) is 0 Å². The number of allylic oxidation sites excluding steroid dienone is 1. The van der Waals surface area contributed by atoms with E-state index in [2.05, 4.69) is 80.4 Å².